The van der Waals surface area contributed by atoms with Gasteiger partial charge in [0.25, 0.3) is 0 Å². The van der Waals surface area contributed by atoms with Crippen molar-refractivity contribution in [3.05, 3.63) is 78.1 Å². The van der Waals surface area contributed by atoms with E-state index >= 15 is 0 Å². The van der Waals surface area contributed by atoms with Gasteiger partial charge in [-0.25, -0.2) is 4.39 Å². The zero-order valence-electron chi connectivity index (χ0n) is 17.9. The number of hydrogen-bond acceptors (Lipinski definition) is 3. The van der Waals surface area contributed by atoms with E-state index in [4.69, 9.17) is 9.47 Å². The van der Waals surface area contributed by atoms with E-state index in [1.165, 1.54) is 12.1 Å². The number of para-hydroxylation sites is 1. The monoisotopic (exact) mass is 539 g/mol. The van der Waals surface area contributed by atoms with Crippen LogP contribution in [0, 0.1) is 5.82 Å². The van der Waals surface area contributed by atoms with Crippen molar-refractivity contribution in [3.8, 4) is 5.75 Å². The van der Waals surface area contributed by atoms with E-state index in [1.54, 1.807) is 13.1 Å². The van der Waals surface area contributed by atoms with Crippen LogP contribution in [0.25, 0.3) is 0 Å². The van der Waals surface area contributed by atoms with Gasteiger partial charge in [-0.05, 0) is 36.6 Å². The van der Waals surface area contributed by atoms with Gasteiger partial charge in [0.2, 0.25) is 0 Å². The molecule has 1 aliphatic heterocycles. The SMILES string of the molecule is C=CCOc1ccccc1CNC(=NC)NCC1(c2ccc(F)cc2)CCOCC1.I. The topological polar surface area (TPSA) is 54.9 Å². The summed E-state index contributed by atoms with van der Waals surface area (Å²) < 4.78 is 24.7. The maximum atomic E-state index is 13.4. The number of ether oxygens (including phenoxy) is 2. The molecule has 1 aliphatic rings. The molecule has 3 rings (SSSR count). The molecule has 168 valence electrons. The molecule has 0 aromatic heterocycles. The van der Waals surface area contributed by atoms with Gasteiger partial charge in [0.05, 0.1) is 0 Å². The normalized spacial score (nSPS) is 15.5. The Morgan fingerprint density at radius 3 is 2.55 bits per heavy atom. The van der Waals surface area contributed by atoms with Gasteiger partial charge in [0.1, 0.15) is 18.2 Å². The first-order chi connectivity index (χ1) is 14.7. The Morgan fingerprint density at radius 2 is 1.87 bits per heavy atom. The Kier molecular flexibility index (Phi) is 10.3. The summed E-state index contributed by atoms with van der Waals surface area (Å²) in [5.74, 6) is 1.32. The Balaban J connectivity index is 0.00000341. The summed E-state index contributed by atoms with van der Waals surface area (Å²) in [6, 6.07) is 14.7. The molecule has 0 spiro atoms. The van der Waals surface area contributed by atoms with Crippen LogP contribution < -0.4 is 15.4 Å². The lowest BCUT2D eigenvalue weighted by Crippen LogP contribution is -2.47. The number of halogens is 2. The van der Waals surface area contributed by atoms with E-state index in [2.05, 4.69) is 22.2 Å². The van der Waals surface area contributed by atoms with Crippen molar-refractivity contribution < 1.29 is 13.9 Å². The summed E-state index contributed by atoms with van der Waals surface area (Å²) in [6.07, 6.45) is 3.48. The highest BCUT2D eigenvalue weighted by Gasteiger charge is 2.34. The van der Waals surface area contributed by atoms with Crippen LogP contribution in [0.5, 0.6) is 5.75 Å². The van der Waals surface area contributed by atoms with Crippen LogP contribution in [0.15, 0.2) is 66.2 Å². The molecule has 0 radical (unpaired) electrons. The van der Waals surface area contributed by atoms with E-state index in [1.807, 2.05) is 36.4 Å². The Morgan fingerprint density at radius 1 is 1.16 bits per heavy atom. The van der Waals surface area contributed by atoms with Gasteiger partial charge in [0.15, 0.2) is 5.96 Å². The number of benzene rings is 2. The zero-order valence-corrected chi connectivity index (χ0v) is 20.2. The van der Waals surface area contributed by atoms with Crippen molar-refractivity contribution in [1.82, 2.24) is 10.6 Å². The lowest BCUT2D eigenvalue weighted by atomic mass is 9.74. The third kappa shape index (κ3) is 6.93. The first-order valence-corrected chi connectivity index (χ1v) is 10.3. The Bertz CT molecular complexity index is 852. The van der Waals surface area contributed by atoms with Crippen LogP contribution in [0.3, 0.4) is 0 Å². The molecule has 0 aliphatic carbocycles. The molecule has 0 atom stereocenters. The maximum absolute atomic E-state index is 13.4. The van der Waals surface area contributed by atoms with Crippen LogP contribution in [-0.2, 0) is 16.7 Å². The van der Waals surface area contributed by atoms with Crippen molar-refractivity contribution in [2.45, 2.75) is 24.8 Å². The second kappa shape index (κ2) is 12.7. The van der Waals surface area contributed by atoms with Crippen molar-refractivity contribution in [2.24, 2.45) is 4.99 Å². The van der Waals surface area contributed by atoms with Gasteiger partial charge in [0, 0.05) is 44.3 Å². The molecule has 7 heteroatoms. The van der Waals surface area contributed by atoms with Crippen LogP contribution in [-0.4, -0.2) is 39.4 Å². The lowest BCUT2D eigenvalue weighted by molar-refractivity contribution is 0.0513. The second-order valence-electron chi connectivity index (χ2n) is 7.39. The fraction of sp³-hybridized carbons (Fsp3) is 0.375. The fourth-order valence-electron chi connectivity index (χ4n) is 3.72. The average Bonchev–Trinajstić information content (AvgIpc) is 2.79. The molecular weight excluding hydrogens is 508 g/mol. The van der Waals surface area contributed by atoms with Crippen molar-refractivity contribution in [2.75, 3.05) is 33.4 Å². The molecule has 0 saturated carbocycles. The highest BCUT2D eigenvalue weighted by Crippen LogP contribution is 2.34. The summed E-state index contributed by atoms with van der Waals surface area (Å²) in [4.78, 5) is 4.36. The number of nitrogens with one attached hydrogen (secondary N) is 2. The van der Waals surface area contributed by atoms with E-state index in [0.29, 0.717) is 38.9 Å². The fourth-order valence-corrected chi connectivity index (χ4v) is 3.72. The van der Waals surface area contributed by atoms with Crippen LogP contribution >= 0.6 is 24.0 Å². The number of nitrogens with zero attached hydrogens (tertiary/aromatic N) is 1. The molecule has 0 unspecified atom stereocenters. The minimum Gasteiger partial charge on any atom is -0.489 e. The van der Waals surface area contributed by atoms with Gasteiger partial charge in [-0.1, -0.05) is 43.0 Å². The van der Waals surface area contributed by atoms with Gasteiger partial charge < -0.3 is 20.1 Å². The Labute approximate surface area is 201 Å². The van der Waals surface area contributed by atoms with E-state index < -0.39 is 0 Å². The smallest absolute Gasteiger partial charge is 0.191 e. The van der Waals surface area contributed by atoms with Crippen molar-refractivity contribution in [3.63, 3.8) is 0 Å². The molecule has 2 aromatic rings. The number of hydrogen-bond donors (Lipinski definition) is 2. The summed E-state index contributed by atoms with van der Waals surface area (Å²) >= 11 is 0. The first kappa shape index (κ1) is 25.1. The molecule has 5 nitrogen and oxygen atoms in total. The summed E-state index contributed by atoms with van der Waals surface area (Å²) in [5.41, 5.74) is 2.05. The first-order valence-electron chi connectivity index (χ1n) is 10.3. The lowest BCUT2D eigenvalue weighted by Gasteiger charge is -2.38. The minimum absolute atomic E-state index is 0. The van der Waals surface area contributed by atoms with E-state index in [-0.39, 0.29) is 35.2 Å². The highest BCUT2D eigenvalue weighted by atomic mass is 127. The third-order valence-corrected chi connectivity index (χ3v) is 5.50. The largest absolute Gasteiger partial charge is 0.489 e. The predicted octanol–water partition coefficient (Wildman–Crippen LogP) is 4.42. The molecule has 0 amide bonds. The summed E-state index contributed by atoms with van der Waals surface area (Å²) in [5, 5.41) is 6.82. The summed E-state index contributed by atoms with van der Waals surface area (Å²) in [6.45, 7) is 6.82. The molecule has 1 saturated heterocycles. The molecule has 2 N–H and O–H groups in total. The van der Waals surface area contributed by atoms with Crippen LogP contribution in [0.4, 0.5) is 4.39 Å². The quantitative estimate of drug-likeness (QED) is 0.226. The van der Waals surface area contributed by atoms with Crippen LogP contribution in [0.1, 0.15) is 24.0 Å². The number of rotatable bonds is 8. The number of aliphatic imine (C=N–C) groups is 1. The maximum Gasteiger partial charge on any atom is 0.191 e. The molecule has 0 bridgehead atoms. The van der Waals surface area contributed by atoms with Crippen molar-refractivity contribution >= 4 is 29.9 Å². The van der Waals surface area contributed by atoms with Gasteiger partial charge >= 0.3 is 0 Å². The predicted molar refractivity (Wildman–Crippen MR) is 134 cm³/mol. The van der Waals surface area contributed by atoms with E-state index in [0.717, 1.165) is 29.7 Å². The molecule has 1 heterocycles. The minimum atomic E-state index is -0.219. The summed E-state index contributed by atoms with van der Waals surface area (Å²) in [7, 11) is 1.75. The van der Waals surface area contributed by atoms with E-state index in [9.17, 15) is 4.39 Å². The zero-order chi connectivity index (χ0) is 21.2. The molecule has 1 fully saturated rings. The highest BCUT2D eigenvalue weighted by molar-refractivity contribution is 14.0. The average molecular weight is 539 g/mol. The number of guanidine groups is 1. The van der Waals surface area contributed by atoms with Gasteiger partial charge in [-0.3, -0.25) is 4.99 Å². The third-order valence-electron chi connectivity index (χ3n) is 5.50. The standard InChI is InChI=1S/C24H30FN3O2.HI/c1-3-14-30-22-7-5-4-6-19(22)17-27-23(26-2)28-18-24(12-15-29-16-13-24)20-8-10-21(25)11-9-20;/h3-11H,1,12-18H2,2H3,(H2,26,27,28);1H. The molecular formula is C24H31FIN3O2. The second-order valence-corrected chi connectivity index (χ2v) is 7.39. The Hall–Kier alpha value is -2.13. The van der Waals surface area contributed by atoms with Gasteiger partial charge in [-0.15, -0.1) is 24.0 Å². The van der Waals surface area contributed by atoms with Gasteiger partial charge in [-0.2, -0.15) is 0 Å². The molecule has 31 heavy (non-hydrogen) atoms. The van der Waals surface area contributed by atoms with Crippen molar-refractivity contribution in [1.29, 1.82) is 0 Å². The van der Waals surface area contributed by atoms with Crippen LogP contribution in [0.2, 0.25) is 0 Å². The molecule has 2 aromatic carbocycles.